The molecule has 0 aliphatic carbocycles. The molecule has 0 spiro atoms. The zero-order chi connectivity index (χ0) is 14.9. The Morgan fingerprint density at radius 2 is 0.800 bits per heavy atom. The fourth-order valence-electron chi connectivity index (χ4n) is 2.82. The van der Waals surface area contributed by atoms with Crippen LogP contribution in [0.15, 0.2) is 0 Å². The lowest BCUT2D eigenvalue weighted by Crippen LogP contribution is -1.98. The smallest absolute Gasteiger partial charge is 0.00168 e. The maximum Gasteiger partial charge on any atom is 0.00168 e. The van der Waals surface area contributed by atoms with Crippen molar-refractivity contribution in [3.8, 4) is 0 Å². The molecule has 0 radical (unpaired) electrons. The first-order valence-electron chi connectivity index (χ1n) is 9.49. The van der Waals surface area contributed by atoms with E-state index in [2.05, 4.69) is 13.8 Å². The summed E-state index contributed by atoms with van der Waals surface area (Å²) < 4.78 is 0. The maximum atomic E-state index is 4.75. The van der Waals surface area contributed by atoms with Gasteiger partial charge in [-0.15, -0.1) is 0 Å². The van der Waals surface area contributed by atoms with Crippen LogP contribution in [-0.2, 0) is 0 Å². The average Bonchev–Trinajstić information content (AvgIpc) is 2.45. The lowest BCUT2D eigenvalue weighted by atomic mass is 10.0. The summed E-state index contributed by atoms with van der Waals surface area (Å²) >= 11 is 4.75. The Bertz CT molecular complexity index is 149. The molecule has 0 rings (SSSR count). The second-order valence-corrected chi connectivity index (χ2v) is 7.20. The highest BCUT2D eigenvalue weighted by Gasteiger charge is 2.02. The van der Waals surface area contributed by atoms with Gasteiger partial charge >= 0.3 is 0 Å². The second-order valence-electron chi connectivity index (χ2n) is 6.47. The van der Waals surface area contributed by atoms with E-state index >= 15 is 0 Å². The van der Waals surface area contributed by atoms with Gasteiger partial charge < -0.3 is 0 Å². The van der Waals surface area contributed by atoms with Crippen LogP contribution in [0.25, 0.3) is 0 Å². The normalized spacial score (nSPS) is 11.4. The summed E-state index contributed by atoms with van der Waals surface area (Å²) in [6.45, 7) is 4.57. The van der Waals surface area contributed by atoms with Crippen molar-refractivity contribution in [2.45, 2.75) is 122 Å². The Hall–Kier alpha value is 0.350. The van der Waals surface area contributed by atoms with Crippen LogP contribution in [0.1, 0.15) is 117 Å². The summed E-state index contributed by atoms with van der Waals surface area (Å²) in [6.07, 6.45) is 22.6. The lowest BCUT2D eigenvalue weighted by molar-refractivity contribution is 0.537. The molecular weight excluding hydrogens is 260 g/mol. The van der Waals surface area contributed by atoms with E-state index in [1.807, 2.05) is 0 Å². The first-order chi connectivity index (χ1) is 9.81. The topological polar surface area (TPSA) is 0 Å². The fourth-order valence-corrected chi connectivity index (χ4v) is 3.18. The first kappa shape index (κ1) is 20.3. The lowest BCUT2D eigenvalue weighted by Gasteiger charge is -2.10. The predicted molar refractivity (Wildman–Crippen MR) is 98.0 cm³/mol. The van der Waals surface area contributed by atoms with Gasteiger partial charge in [-0.25, -0.2) is 0 Å². The highest BCUT2D eigenvalue weighted by atomic mass is 32.1. The molecule has 0 nitrogen and oxygen atoms in total. The van der Waals surface area contributed by atoms with Crippen molar-refractivity contribution in [2.75, 3.05) is 0 Å². The molecule has 0 unspecified atom stereocenters. The molecule has 122 valence electrons. The van der Waals surface area contributed by atoms with Gasteiger partial charge in [0.2, 0.25) is 0 Å². The molecule has 20 heavy (non-hydrogen) atoms. The van der Waals surface area contributed by atoms with Crippen molar-refractivity contribution >= 4 is 12.6 Å². The molecule has 0 saturated carbocycles. The molecule has 0 N–H and O–H groups in total. The largest absolute Gasteiger partial charge is 0.176 e. The van der Waals surface area contributed by atoms with Crippen LogP contribution in [0.3, 0.4) is 0 Å². The van der Waals surface area contributed by atoms with Gasteiger partial charge in [-0.1, -0.05) is 104 Å². The summed E-state index contributed by atoms with van der Waals surface area (Å²) in [6, 6.07) is 0. The van der Waals surface area contributed by atoms with Gasteiger partial charge in [0.1, 0.15) is 0 Å². The third-order valence-corrected chi connectivity index (χ3v) is 4.80. The van der Waals surface area contributed by atoms with Crippen molar-refractivity contribution in [3.63, 3.8) is 0 Å². The Balaban J connectivity index is 3.11. The minimum atomic E-state index is 0.668. The van der Waals surface area contributed by atoms with Gasteiger partial charge in [0.25, 0.3) is 0 Å². The Morgan fingerprint density at radius 1 is 0.500 bits per heavy atom. The molecule has 0 aliphatic heterocycles. The Labute approximate surface area is 134 Å². The molecule has 1 heteroatoms. The summed E-state index contributed by atoms with van der Waals surface area (Å²) in [5.74, 6) is 0. The number of hydrogen-bond acceptors (Lipinski definition) is 1. The molecule has 0 amide bonds. The van der Waals surface area contributed by atoms with Crippen molar-refractivity contribution in [1.29, 1.82) is 0 Å². The van der Waals surface area contributed by atoms with Gasteiger partial charge in [0.15, 0.2) is 0 Å². The van der Waals surface area contributed by atoms with Gasteiger partial charge in [-0.3, -0.25) is 0 Å². The van der Waals surface area contributed by atoms with E-state index in [4.69, 9.17) is 12.6 Å². The summed E-state index contributed by atoms with van der Waals surface area (Å²) in [5, 5.41) is 0.668. The Morgan fingerprint density at radius 3 is 1.15 bits per heavy atom. The molecule has 0 atom stereocenters. The molecule has 0 fully saturated rings. The van der Waals surface area contributed by atoms with Gasteiger partial charge in [-0.05, 0) is 12.8 Å². The van der Waals surface area contributed by atoms with Crippen molar-refractivity contribution in [2.24, 2.45) is 0 Å². The monoisotopic (exact) mass is 300 g/mol. The van der Waals surface area contributed by atoms with Crippen LogP contribution in [0, 0.1) is 0 Å². The molecule has 0 aromatic rings. The molecule has 0 saturated heterocycles. The molecule has 0 bridgehead atoms. The van der Waals surface area contributed by atoms with Crippen molar-refractivity contribution < 1.29 is 0 Å². The number of thiol groups is 1. The van der Waals surface area contributed by atoms with E-state index < -0.39 is 0 Å². The highest BCUT2D eigenvalue weighted by Crippen LogP contribution is 2.17. The average molecular weight is 301 g/mol. The van der Waals surface area contributed by atoms with Crippen LogP contribution in [0.4, 0.5) is 0 Å². The third kappa shape index (κ3) is 16.4. The van der Waals surface area contributed by atoms with Crippen LogP contribution >= 0.6 is 12.6 Å². The van der Waals surface area contributed by atoms with Crippen molar-refractivity contribution in [1.82, 2.24) is 0 Å². The predicted octanol–water partition coefficient (Wildman–Crippen LogP) is 7.57. The Kier molecular flexibility index (Phi) is 17.7. The van der Waals surface area contributed by atoms with Crippen LogP contribution in [0.2, 0.25) is 0 Å². The number of hydrogen-bond donors (Lipinski definition) is 1. The molecular formula is C19H40S. The van der Waals surface area contributed by atoms with Crippen LogP contribution in [-0.4, -0.2) is 5.25 Å². The van der Waals surface area contributed by atoms with Crippen LogP contribution < -0.4 is 0 Å². The van der Waals surface area contributed by atoms with Crippen LogP contribution in [0.5, 0.6) is 0 Å². The summed E-state index contributed by atoms with van der Waals surface area (Å²) in [7, 11) is 0. The maximum absolute atomic E-state index is 4.75. The zero-order valence-electron chi connectivity index (χ0n) is 14.3. The second kappa shape index (κ2) is 17.4. The molecule has 0 aromatic heterocycles. The minimum Gasteiger partial charge on any atom is -0.176 e. The van der Waals surface area contributed by atoms with E-state index in [1.54, 1.807) is 0 Å². The third-order valence-electron chi connectivity index (χ3n) is 4.28. The quantitative estimate of drug-likeness (QED) is 0.220. The van der Waals surface area contributed by atoms with E-state index in [0.29, 0.717) is 5.25 Å². The molecule has 0 aliphatic rings. The van der Waals surface area contributed by atoms with E-state index in [9.17, 15) is 0 Å². The van der Waals surface area contributed by atoms with E-state index in [0.717, 1.165) is 0 Å². The van der Waals surface area contributed by atoms with E-state index in [1.165, 1.54) is 103 Å². The van der Waals surface area contributed by atoms with Gasteiger partial charge in [0.05, 0.1) is 0 Å². The van der Waals surface area contributed by atoms with Crippen molar-refractivity contribution in [3.05, 3.63) is 0 Å². The minimum absolute atomic E-state index is 0.668. The fraction of sp³-hybridized carbons (Fsp3) is 1.00. The zero-order valence-corrected chi connectivity index (χ0v) is 15.2. The van der Waals surface area contributed by atoms with Gasteiger partial charge in [-0.2, -0.15) is 12.6 Å². The SMILES string of the molecule is CCCCCCCCCC(S)CCCCCCCCC. The van der Waals surface area contributed by atoms with E-state index in [-0.39, 0.29) is 0 Å². The number of rotatable bonds is 16. The molecule has 0 heterocycles. The number of unbranched alkanes of at least 4 members (excludes halogenated alkanes) is 12. The summed E-state index contributed by atoms with van der Waals surface area (Å²) in [5.41, 5.74) is 0. The van der Waals surface area contributed by atoms with Gasteiger partial charge in [0, 0.05) is 5.25 Å². The highest BCUT2D eigenvalue weighted by molar-refractivity contribution is 7.80. The molecule has 0 aromatic carbocycles. The first-order valence-corrected chi connectivity index (χ1v) is 10.0. The summed E-state index contributed by atoms with van der Waals surface area (Å²) in [4.78, 5) is 0. The standard InChI is InChI=1S/C19H40S/c1-3-5-7-9-11-13-15-17-19(20)18-16-14-12-10-8-6-4-2/h19-20H,3-18H2,1-2H3.